The first-order valence-electron chi connectivity index (χ1n) is 11.6. The van der Waals surface area contributed by atoms with Crippen LogP contribution in [0.25, 0.3) is 22.6 Å². The van der Waals surface area contributed by atoms with Crippen LogP contribution in [-0.4, -0.2) is 59.0 Å². The van der Waals surface area contributed by atoms with E-state index in [1.165, 1.54) is 0 Å². The molecule has 4 aromatic rings. The zero-order valence-corrected chi connectivity index (χ0v) is 19.5. The lowest BCUT2D eigenvalue weighted by Crippen LogP contribution is -2.38. The largest absolute Gasteiger partial charge is 0.332 e. The van der Waals surface area contributed by atoms with Crippen LogP contribution >= 0.6 is 0 Å². The van der Waals surface area contributed by atoms with E-state index in [9.17, 15) is 4.79 Å². The number of fused-ring (bicyclic) bond motifs is 1. The Hall–Kier alpha value is -4.40. The average Bonchev–Trinajstić information content (AvgIpc) is 3.63. The predicted molar refractivity (Wildman–Crippen MR) is 135 cm³/mol. The summed E-state index contributed by atoms with van der Waals surface area (Å²) in [6.07, 6.45) is 16.2. The number of carbonyl (C=O) groups excluding carboxylic acids is 1. The molecule has 1 fully saturated rings. The van der Waals surface area contributed by atoms with E-state index < -0.39 is 0 Å². The molecule has 0 bridgehead atoms. The number of aromatic nitrogens is 6. The summed E-state index contributed by atoms with van der Waals surface area (Å²) in [6.45, 7) is 7.20. The van der Waals surface area contributed by atoms with Crippen LogP contribution in [-0.2, 0) is 6.54 Å². The number of carbonyl (C=O) groups is 1. The molecule has 176 valence electrons. The molecule has 1 aliphatic rings. The molecule has 4 aromatic heterocycles. The van der Waals surface area contributed by atoms with Crippen LogP contribution in [0.15, 0.2) is 79.0 Å². The minimum atomic E-state index is -0.119. The normalized spacial score (nSPS) is 16.1. The molecule has 0 saturated carbocycles. The molecule has 1 amide bonds. The molecule has 0 N–H and O–H groups in total. The second kappa shape index (κ2) is 9.84. The van der Waals surface area contributed by atoms with E-state index in [2.05, 4.69) is 31.7 Å². The Bertz CT molecular complexity index is 1420. The first kappa shape index (κ1) is 22.4. The molecule has 1 aliphatic heterocycles. The van der Waals surface area contributed by atoms with Gasteiger partial charge in [0.1, 0.15) is 0 Å². The van der Waals surface area contributed by atoms with Gasteiger partial charge < -0.3 is 4.90 Å². The Labute approximate surface area is 203 Å². The maximum Gasteiger partial charge on any atom is 0.275 e. The zero-order chi connectivity index (χ0) is 24.2. The number of amides is 1. The number of hydrogen-bond donors (Lipinski definition) is 0. The van der Waals surface area contributed by atoms with Crippen LogP contribution in [0, 0.1) is 0 Å². The first-order chi connectivity index (χ1) is 17.2. The summed E-state index contributed by atoms with van der Waals surface area (Å²) in [6, 6.07) is 7.42. The number of pyridine rings is 1. The van der Waals surface area contributed by atoms with Crippen molar-refractivity contribution >= 4 is 23.5 Å². The van der Waals surface area contributed by atoms with Gasteiger partial charge in [0, 0.05) is 43.1 Å². The number of nitrogens with zero attached hydrogens (tertiary/aromatic N) is 8. The summed E-state index contributed by atoms with van der Waals surface area (Å²) in [5, 5.41) is 9.09. The van der Waals surface area contributed by atoms with Crippen LogP contribution in [0.3, 0.4) is 0 Å². The van der Waals surface area contributed by atoms with Crippen LogP contribution in [0.5, 0.6) is 0 Å². The third-order valence-electron chi connectivity index (χ3n) is 6.03. The van der Waals surface area contributed by atoms with Crippen LogP contribution in [0.1, 0.15) is 35.8 Å². The zero-order valence-electron chi connectivity index (χ0n) is 19.5. The molecule has 5 rings (SSSR count). The maximum atomic E-state index is 13.8. The van der Waals surface area contributed by atoms with Gasteiger partial charge >= 0.3 is 0 Å². The molecule has 35 heavy (non-hydrogen) atoms. The van der Waals surface area contributed by atoms with Gasteiger partial charge in [-0.15, -0.1) is 0 Å². The summed E-state index contributed by atoms with van der Waals surface area (Å²) >= 11 is 0. The second-order valence-electron chi connectivity index (χ2n) is 8.32. The van der Waals surface area contributed by atoms with Crippen molar-refractivity contribution in [1.29, 1.82) is 0 Å². The van der Waals surface area contributed by atoms with Crippen molar-refractivity contribution < 1.29 is 4.79 Å². The van der Waals surface area contributed by atoms with E-state index >= 15 is 0 Å². The fourth-order valence-corrected chi connectivity index (χ4v) is 4.33. The van der Waals surface area contributed by atoms with E-state index in [-0.39, 0.29) is 11.9 Å². The molecule has 9 nitrogen and oxygen atoms in total. The lowest BCUT2D eigenvalue weighted by Gasteiger charge is -2.24. The monoisotopic (exact) mass is 466 g/mol. The summed E-state index contributed by atoms with van der Waals surface area (Å²) in [5.74, 6) is -0.119. The summed E-state index contributed by atoms with van der Waals surface area (Å²) in [7, 11) is 0. The Morgan fingerprint density at radius 3 is 2.97 bits per heavy atom. The Morgan fingerprint density at radius 1 is 1.26 bits per heavy atom. The molecule has 9 heteroatoms. The van der Waals surface area contributed by atoms with E-state index in [1.54, 1.807) is 41.6 Å². The number of likely N-dealkylation sites (tertiary alicyclic amines) is 1. The standard InChI is InChI=1S/C26H26N8O/c1-3-4-11-27-19(2)20-16-30-32(17-20)18-21-9-7-14-33(21)26(35)24-23(22-10-5-6-12-28-22)25-29-13-8-15-34(25)31-24/h3-6,8,10-13,15-17,21H,2,7,9,14,18H2,1H3/b4-3-,27-11?/t21-/m0/s1. The smallest absolute Gasteiger partial charge is 0.275 e. The number of allylic oxidation sites excluding steroid dienone is 2. The van der Waals surface area contributed by atoms with Crippen molar-refractivity contribution in [3.63, 3.8) is 0 Å². The highest BCUT2D eigenvalue weighted by atomic mass is 16.2. The van der Waals surface area contributed by atoms with Crippen molar-refractivity contribution in [2.24, 2.45) is 4.99 Å². The van der Waals surface area contributed by atoms with Crippen molar-refractivity contribution in [3.05, 3.63) is 85.2 Å². The van der Waals surface area contributed by atoms with Gasteiger partial charge in [0.2, 0.25) is 0 Å². The SMILES string of the molecule is C=C(N=C/C=C\C)c1cnn(C[C@@H]2CCCN2C(=O)c2nn3cccnc3c2-c2ccccn2)c1. The molecule has 0 aromatic carbocycles. The van der Waals surface area contributed by atoms with Gasteiger partial charge in [0.25, 0.3) is 5.91 Å². The van der Waals surface area contributed by atoms with Crippen molar-refractivity contribution in [3.8, 4) is 11.3 Å². The van der Waals surface area contributed by atoms with E-state index in [0.29, 0.717) is 41.4 Å². The molecule has 5 heterocycles. The van der Waals surface area contributed by atoms with Crippen LogP contribution in [0.2, 0.25) is 0 Å². The first-order valence-corrected chi connectivity index (χ1v) is 11.6. The third kappa shape index (κ3) is 4.52. The highest BCUT2D eigenvalue weighted by molar-refractivity contribution is 6.02. The highest BCUT2D eigenvalue weighted by Crippen LogP contribution is 2.29. The van der Waals surface area contributed by atoms with Crippen LogP contribution < -0.4 is 0 Å². The molecular formula is C26H26N8O. The third-order valence-corrected chi connectivity index (χ3v) is 6.03. The van der Waals surface area contributed by atoms with Gasteiger partial charge in [-0.1, -0.05) is 18.7 Å². The molecule has 0 unspecified atom stereocenters. The van der Waals surface area contributed by atoms with Crippen molar-refractivity contribution in [2.75, 3.05) is 6.54 Å². The van der Waals surface area contributed by atoms with Gasteiger partial charge in [-0.25, -0.2) is 9.50 Å². The predicted octanol–water partition coefficient (Wildman–Crippen LogP) is 3.91. The lowest BCUT2D eigenvalue weighted by atomic mass is 10.1. The Morgan fingerprint density at radius 2 is 2.14 bits per heavy atom. The van der Waals surface area contributed by atoms with Gasteiger partial charge in [0.05, 0.1) is 35.7 Å². The van der Waals surface area contributed by atoms with E-state index in [1.807, 2.05) is 53.1 Å². The lowest BCUT2D eigenvalue weighted by molar-refractivity contribution is 0.0716. The average molecular weight is 467 g/mol. The molecule has 1 saturated heterocycles. The molecule has 1 atom stereocenters. The maximum absolute atomic E-state index is 13.8. The van der Waals surface area contributed by atoms with Crippen molar-refractivity contribution in [2.45, 2.75) is 32.4 Å². The topological polar surface area (TPSA) is 93.6 Å². The molecule has 0 radical (unpaired) electrons. The van der Waals surface area contributed by atoms with Gasteiger partial charge in [-0.3, -0.25) is 19.5 Å². The minimum absolute atomic E-state index is 0.00407. The quantitative estimate of drug-likeness (QED) is 0.385. The van der Waals surface area contributed by atoms with Crippen molar-refractivity contribution in [1.82, 2.24) is 34.3 Å². The number of aliphatic imine (C=N–C) groups is 1. The summed E-state index contributed by atoms with van der Waals surface area (Å²) in [4.78, 5) is 29.0. The van der Waals surface area contributed by atoms with Gasteiger partial charge in [-0.05, 0) is 44.0 Å². The fraction of sp³-hybridized carbons (Fsp3) is 0.231. The van der Waals surface area contributed by atoms with Gasteiger partial charge in [0.15, 0.2) is 11.3 Å². The molecular weight excluding hydrogens is 440 g/mol. The minimum Gasteiger partial charge on any atom is -0.332 e. The number of rotatable bonds is 7. The molecule has 0 spiro atoms. The Kier molecular flexibility index (Phi) is 6.30. The molecule has 0 aliphatic carbocycles. The van der Waals surface area contributed by atoms with E-state index in [4.69, 9.17) is 0 Å². The fourth-order valence-electron chi connectivity index (χ4n) is 4.33. The van der Waals surface area contributed by atoms with Gasteiger partial charge in [-0.2, -0.15) is 10.2 Å². The summed E-state index contributed by atoms with van der Waals surface area (Å²) in [5.41, 5.74) is 3.80. The second-order valence-corrected chi connectivity index (χ2v) is 8.32. The van der Waals surface area contributed by atoms with Crippen LogP contribution in [0.4, 0.5) is 0 Å². The highest BCUT2D eigenvalue weighted by Gasteiger charge is 2.34. The van der Waals surface area contributed by atoms with E-state index in [0.717, 1.165) is 18.4 Å². The number of hydrogen-bond acceptors (Lipinski definition) is 6. The Balaban J connectivity index is 1.41. The summed E-state index contributed by atoms with van der Waals surface area (Å²) < 4.78 is 3.49.